The fourth-order valence-electron chi connectivity index (χ4n) is 2.18. The molecule has 1 aromatic carbocycles. The van der Waals surface area contributed by atoms with Crippen molar-refractivity contribution in [3.8, 4) is 5.75 Å². The van der Waals surface area contributed by atoms with Gasteiger partial charge in [0.1, 0.15) is 5.75 Å². The summed E-state index contributed by atoms with van der Waals surface area (Å²) in [5.41, 5.74) is 0.326. The third-order valence-electron chi connectivity index (χ3n) is 3.16. The first-order chi connectivity index (χ1) is 10.4. The van der Waals surface area contributed by atoms with Gasteiger partial charge in [-0.1, -0.05) is 11.6 Å². The van der Waals surface area contributed by atoms with Crippen LogP contribution in [0.5, 0.6) is 5.75 Å². The first kappa shape index (κ1) is 16.6. The summed E-state index contributed by atoms with van der Waals surface area (Å²) in [5.74, 6) is -0.960. The molecule has 1 atom stereocenters. The number of amides is 1. The monoisotopic (exact) mass is 327 g/mol. The maximum absolute atomic E-state index is 12.7. The number of hydrogen-bond acceptors (Lipinski definition) is 4. The number of morpholine rings is 1. The zero-order valence-corrected chi connectivity index (χ0v) is 13.2. The Morgan fingerprint density at radius 3 is 2.82 bits per heavy atom. The lowest BCUT2D eigenvalue weighted by Gasteiger charge is -2.31. The van der Waals surface area contributed by atoms with Crippen LogP contribution in [0.4, 0.5) is 0 Å². The number of benzene rings is 1. The molecule has 22 heavy (non-hydrogen) atoms. The van der Waals surface area contributed by atoms with E-state index < -0.39 is 12.1 Å². The Bertz CT molecular complexity index is 575. The standard InChI is InChI=1S/C15H18ClNO5/c1-9(2)22-12-4-3-10(16)7-11(12)14(18)17-5-6-21-13(8-17)15(19)20/h3-4,7,9,13H,5-6,8H2,1-2H3,(H,19,20)/t13-/m1/s1. The normalized spacial score (nSPS) is 18.4. The molecule has 0 aliphatic carbocycles. The Labute approximate surface area is 133 Å². The minimum absolute atomic E-state index is 0.00178. The molecule has 1 aromatic rings. The van der Waals surface area contributed by atoms with E-state index in [-0.39, 0.29) is 25.2 Å². The molecule has 0 spiro atoms. The average molecular weight is 328 g/mol. The van der Waals surface area contributed by atoms with Gasteiger partial charge in [0, 0.05) is 11.6 Å². The molecule has 1 aliphatic rings. The van der Waals surface area contributed by atoms with Crippen LogP contribution in [0.15, 0.2) is 18.2 Å². The molecule has 0 bridgehead atoms. The van der Waals surface area contributed by atoms with Crippen LogP contribution in [0.25, 0.3) is 0 Å². The SMILES string of the molecule is CC(C)Oc1ccc(Cl)cc1C(=O)N1CCO[C@@H](C(=O)O)C1. The van der Waals surface area contributed by atoms with Crippen LogP contribution in [0.3, 0.4) is 0 Å². The summed E-state index contributed by atoms with van der Waals surface area (Å²) in [6, 6.07) is 4.83. The van der Waals surface area contributed by atoms with E-state index in [1.807, 2.05) is 13.8 Å². The Kier molecular flexibility index (Phi) is 5.26. The number of carboxylic acid groups (broad SMARTS) is 1. The molecule has 0 saturated carbocycles. The lowest BCUT2D eigenvalue weighted by Crippen LogP contribution is -2.48. The molecule has 2 rings (SSSR count). The average Bonchev–Trinajstić information content (AvgIpc) is 2.48. The molecule has 7 heteroatoms. The van der Waals surface area contributed by atoms with Crippen molar-refractivity contribution in [1.29, 1.82) is 0 Å². The number of halogens is 1. The summed E-state index contributed by atoms with van der Waals surface area (Å²) >= 11 is 5.97. The zero-order valence-electron chi connectivity index (χ0n) is 12.4. The molecule has 1 aliphatic heterocycles. The number of carbonyl (C=O) groups is 2. The van der Waals surface area contributed by atoms with Crippen LogP contribution in [0, 0.1) is 0 Å². The Morgan fingerprint density at radius 2 is 2.18 bits per heavy atom. The first-order valence-corrected chi connectivity index (χ1v) is 7.36. The molecule has 1 saturated heterocycles. The van der Waals surface area contributed by atoms with Crippen LogP contribution in [0.2, 0.25) is 5.02 Å². The largest absolute Gasteiger partial charge is 0.490 e. The maximum atomic E-state index is 12.7. The van der Waals surface area contributed by atoms with Gasteiger partial charge in [-0.2, -0.15) is 0 Å². The molecule has 1 amide bonds. The third-order valence-corrected chi connectivity index (χ3v) is 3.40. The van der Waals surface area contributed by atoms with E-state index in [4.69, 9.17) is 26.2 Å². The minimum atomic E-state index is -1.08. The van der Waals surface area contributed by atoms with Gasteiger partial charge in [-0.05, 0) is 32.0 Å². The van der Waals surface area contributed by atoms with Crippen LogP contribution in [-0.4, -0.2) is 53.8 Å². The van der Waals surface area contributed by atoms with Gasteiger partial charge in [0.2, 0.25) is 0 Å². The predicted octanol–water partition coefficient (Wildman–Crippen LogP) is 2.05. The molecule has 0 aromatic heterocycles. The van der Waals surface area contributed by atoms with E-state index in [0.29, 0.717) is 22.9 Å². The second-order valence-electron chi connectivity index (χ2n) is 5.26. The fourth-order valence-corrected chi connectivity index (χ4v) is 2.35. The number of rotatable bonds is 4. The van der Waals surface area contributed by atoms with Gasteiger partial charge in [-0.3, -0.25) is 4.79 Å². The number of ether oxygens (including phenoxy) is 2. The summed E-state index contributed by atoms with van der Waals surface area (Å²) in [7, 11) is 0. The fraction of sp³-hybridized carbons (Fsp3) is 0.467. The highest BCUT2D eigenvalue weighted by atomic mass is 35.5. The lowest BCUT2D eigenvalue weighted by molar-refractivity contribution is -0.154. The summed E-state index contributed by atoms with van der Waals surface area (Å²) in [4.78, 5) is 25.1. The summed E-state index contributed by atoms with van der Waals surface area (Å²) in [5, 5.41) is 9.44. The highest BCUT2D eigenvalue weighted by Gasteiger charge is 2.30. The van der Waals surface area contributed by atoms with Crippen molar-refractivity contribution in [3.05, 3.63) is 28.8 Å². The Balaban J connectivity index is 2.24. The Hall–Kier alpha value is -1.79. The topological polar surface area (TPSA) is 76.1 Å². The number of carboxylic acids is 1. The van der Waals surface area contributed by atoms with Crippen molar-refractivity contribution >= 4 is 23.5 Å². The number of nitrogens with zero attached hydrogens (tertiary/aromatic N) is 1. The van der Waals surface area contributed by atoms with Crippen LogP contribution in [0.1, 0.15) is 24.2 Å². The summed E-state index contributed by atoms with van der Waals surface area (Å²) < 4.78 is 10.8. The molecule has 1 N–H and O–H groups in total. The van der Waals surface area contributed by atoms with Gasteiger partial charge in [0.15, 0.2) is 6.10 Å². The number of hydrogen-bond donors (Lipinski definition) is 1. The molecule has 0 unspecified atom stereocenters. The van der Waals surface area contributed by atoms with Crippen LogP contribution >= 0.6 is 11.6 Å². The molecule has 6 nitrogen and oxygen atoms in total. The number of carbonyl (C=O) groups excluding carboxylic acids is 1. The second-order valence-corrected chi connectivity index (χ2v) is 5.69. The quantitative estimate of drug-likeness (QED) is 0.916. The maximum Gasteiger partial charge on any atom is 0.334 e. The van der Waals surface area contributed by atoms with Gasteiger partial charge >= 0.3 is 5.97 Å². The summed E-state index contributed by atoms with van der Waals surface area (Å²) in [6.07, 6.45) is -1.10. The van der Waals surface area contributed by atoms with Crippen molar-refractivity contribution < 1.29 is 24.2 Å². The van der Waals surface area contributed by atoms with E-state index in [1.54, 1.807) is 12.1 Å². The van der Waals surface area contributed by atoms with Crippen molar-refractivity contribution in [2.24, 2.45) is 0 Å². The predicted molar refractivity (Wildman–Crippen MR) is 80.5 cm³/mol. The first-order valence-electron chi connectivity index (χ1n) is 6.98. The van der Waals surface area contributed by atoms with Gasteiger partial charge in [-0.25, -0.2) is 4.79 Å². The van der Waals surface area contributed by atoms with Gasteiger partial charge < -0.3 is 19.5 Å². The second kappa shape index (κ2) is 6.98. The lowest BCUT2D eigenvalue weighted by atomic mass is 10.1. The molecular formula is C15H18ClNO5. The van der Waals surface area contributed by atoms with Gasteiger partial charge in [-0.15, -0.1) is 0 Å². The van der Waals surface area contributed by atoms with Crippen molar-refractivity contribution in [3.63, 3.8) is 0 Å². The van der Waals surface area contributed by atoms with Crippen LogP contribution in [-0.2, 0) is 9.53 Å². The Morgan fingerprint density at radius 1 is 1.45 bits per heavy atom. The number of aliphatic carboxylic acids is 1. The molecule has 1 fully saturated rings. The third kappa shape index (κ3) is 3.90. The van der Waals surface area contributed by atoms with E-state index in [0.717, 1.165) is 0 Å². The minimum Gasteiger partial charge on any atom is -0.490 e. The van der Waals surface area contributed by atoms with E-state index in [9.17, 15) is 9.59 Å². The molecular weight excluding hydrogens is 310 g/mol. The molecule has 120 valence electrons. The van der Waals surface area contributed by atoms with E-state index in [1.165, 1.54) is 11.0 Å². The van der Waals surface area contributed by atoms with Gasteiger partial charge in [0.25, 0.3) is 5.91 Å². The molecule has 0 radical (unpaired) electrons. The van der Waals surface area contributed by atoms with Crippen molar-refractivity contribution in [2.45, 2.75) is 26.1 Å². The highest BCUT2D eigenvalue weighted by molar-refractivity contribution is 6.31. The van der Waals surface area contributed by atoms with Crippen molar-refractivity contribution in [1.82, 2.24) is 4.90 Å². The molecule has 1 heterocycles. The van der Waals surface area contributed by atoms with Crippen LogP contribution < -0.4 is 4.74 Å². The van der Waals surface area contributed by atoms with E-state index >= 15 is 0 Å². The smallest absolute Gasteiger partial charge is 0.334 e. The zero-order chi connectivity index (χ0) is 16.3. The van der Waals surface area contributed by atoms with Crippen molar-refractivity contribution in [2.75, 3.05) is 19.7 Å². The van der Waals surface area contributed by atoms with Gasteiger partial charge in [0.05, 0.1) is 24.8 Å². The van der Waals surface area contributed by atoms with E-state index in [2.05, 4.69) is 0 Å². The summed E-state index contributed by atoms with van der Waals surface area (Å²) in [6.45, 7) is 4.23. The highest BCUT2D eigenvalue weighted by Crippen LogP contribution is 2.26.